The molecule has 3 rings (SSSR count). The van der Waals surface area contributed by atoms with Crippen molar-refractivity contribution in [2.24, 2.45) is 10.9 Å². The van der Waals surface area contributed by atoms with Gasteiger partial charge in [0.1, 0.15) is 0 Å². The number of hydrogen-bond acceptors (Lipinski definition) is 2. The molecule has 1 aliphatic carbocycles. The SMILES string of the molecule is C1=CCC(CNc2ccccc2N=Cc2ccccc2)C=C1. The minimum atomic E-state index is 0.552. The lowest BCUT2D eigenvalue weighted by molar-refractivity contribution is 0.692. The number of nitrogens with one attached hydrogen (secondary N) is 1. The number of hydrogen-bond donors (Lipinski definition) is 1. The van der Waals surface area contributed by atoms with Gasteiger partial charge in [-0.15, -0.1) is 0 Å². The summed E-state index contributed by atoms with van der Waals surface area (Å²) in [4.78, 5) is 4.62. The van der Waals surface area contributed by atoms with Crippen molar-refractivity contribution in [2.45, 2.75) is 6.42 Å². The fourth-order valence-corrected chi connectivity index (χ4v) is 2.44. The lowest BCUT2D eigenvalue weighted by Gasteiger charge is -2.15. The molecule has 0 bridgehead atoms. The van der Waals surface area contributed by atoms with E-state index in [-0.39, 0.29) is 0 Å². The van der Waals surface area contributed by atoms with E-state index in [1.54, 1.807) is 0 Å². The molecule has 1 aliphatic rings. The first-order valence-electron chi connectivity index (χ1n) is 7.67. The van der Waals surface area contributed by atoms with Gasteiger partial charge in [0.2, 0.25) is 0 Å². The molecule has 0 spiro atoms. The van der Waals surface area contributed by atoms with Gasteiger partial charge in [0.25, 0.3) is 0 Å². The summed E-state index contributed by atoms with van der Waals surface area (Å²) >= 11 is 0. The highest BCUT2D eigenvalue weighted by molar-refractivity contribution is 5.84. The number of para-hydroxylation sites is 2. The third kappa shape index (κ3) is 3.95. The van der Waals surface area contributed by atoms with Crippen LogP contribution in [0.25, 0.3) is 0 Å². The Morgan fingerprint density at radius 3 is 2.64 bits per heavy atom. The monoisotopic (exact) mass is 288 g/mol. The van der Waals surface area contributed by atoms with E-state index in [1.165, 1.54) is 0 Å². The summed E-state index contributed by atoms with van der Waals surface area (Å²) in [5, 5.41) is 3.52. The van der Waals surface area contributed by atoms with Gasteiger partial charge < -0.3 is 5.32 Å². The van der Waals surface area contributed by atoms with Crippen molar-refractivity contribution in [3.05, 3.63) is 84.5 Å². The van der Waals surface area contributed by atoms with Crippen LogP contribution < -0.4 is 5.32 Å². The zero-order valence-corrected chi connectivity index (χ0v) is 12.5. The molecule has 0 aliphatic heterocycles. The Morgan fingerprint density at radius 1 is 1.00 bits per heavy atom. The van der Waals surface area contributed by atoms with Gasteiger partial charge in [-0.2, -0.15) is 0 Å². The Kier molecular flexibility index (Phi) is 4.83. The number of anilines is 1. The first-order chi connectivity index (χ1) is 10.9. The summed E-state index contributed by atoms with van der Waals surface area (Å²) in [6.45, 7) is 0.929. The van der Waals surface area contributed by atoms with Crippen molar-refractivity contribution in [3.63, 3.8) is 0 Å². The topological polar surface area (TPSA) is 24.4 Å². The highest BCUT2D eigenvalue weighted by atomic mass is 14.9. The van der Waals surface area contributed by atoms with Gasteiger partial charge in [0, 0.05) is 12.8 Å². The molecule has 0 fully saturated rings. The maximum Gasteiger partial charge on any atom is 0.0861 e. The Hall–Kier alpha value is -2.61. The fourth-order valence-electron chi connectivity index (χ4n) is 2.44. The minimum Gasteiger partial charge on any atom is -0.383 e. The molecule has 1 N–H and O–H groups in total. The van der Waals surface area contributed by atoms with E-state index < -0.39 is 0 Å². The zero-order chi connectivity index (χ0) is 15.0. The molecule has 1 unspecified atom stereocenters. The van der Waals surface area contributed by atoms with Crippen molar-refractivity contribution in [2.75, 3.05) is 11.9 Å². The van der Waals surface area contributed by atoms with Crippen LogP contribution in [0.3, 0.4) is 0 Å². The minimum absolute atomic E-state index is 0.552. The van der Waals surface area contributed by atoms with Gasteiger partial charge in [0.15, 0.2) is 0 Å². The van der Waals surface area contributed by atoms with Crippen LogP contribution in [-0.2, 0) is 0 Å². The molecular weight excluding hydrogens is 268 g/mol. The van der Waals surface area contributed by atoms with Crippen LogP contribution >= 0.6 is 0 Å². The first kappa shape index (κ1) is 14.3. The van der Waals surface area contributed by atoms with Gasteiger partial charge in [0.05, 0.1) is 11.4 Å². The molecule has 2 aromatic rings. The Balaban J connectivity index is 1.68. The smallest absolute Gasteiger partial charge is 0.0861 e. The van der Waals surface area contributed by atoms with Crippen molar-refractivity contribution in [3.8, 4) is 0 Å². The molecule has 0 saturated heterocycles. The number of nitrogens with zero attached hydrogens (tertiary/aromatic N) is 1. The summed E-state index contributed by atoms with van der Waals surface area (Å²) in [6.07, 6.45) is 11.7. The average Bonchev–Trinajstić information content (AvgIpc) is 2.61. The number of benzene rings is 2. The molecule has 110 valence electrons. The zero-order valence-electron chi connectivity index (χ0n) is 12.5. The Morgan fingerprint density at radius 2 is 1.82 bits per heavy atom. The first-order valence-corrected chi connectivity index (χ1v) is 7.67. The maximum absolute atomic E-state index is 4.62. The van der Waals surface area contributed by atoms with Crippen LogP contribution in [0, 0.1) is 5.92 Å². The van der Waals surface area contributed by atoms with Crippen molar-refractivity contribution in [1.29, 1.82) is 0 Å². The molecule has 0 heterocycles. The fraction of sp³-hybridized carbons (Fsp3) is 0.150. The van der Waals surface area contributed by atoms with Gasteiger partial charge >= 0.3 is 0 Å². The Bertz CT molecular complexity index is 684. The molecule has 0 radical (unpaired) electrons. The molecule has 0 saturated carbocycles. The predicted molar refractivity (Wildman–Crippen MR) is 95.0 cm³/mol. The van der Waals surface area contributed by atoms with Gasteiger partial charge in [-0.1, -0.05) is 66.8 Å². The summed E-state index contributed by atoms with van der Waals surface area (Å²) in [6, 6.07) is 18.4. The third-order valence-electron chi connectivity index (χ3n) is 3.68. The van der Waals surface area contributed by atoms with Crippen molar-refractivity contribution >= 4 is 17.6 Å². The predicted octanol–water partition coefficient (Wildman–Crippen LogP) is 4.98. The highest BCUT2D eigenvalue weighted by Crippen LogP contribution is 2.25. The molecule has 0 aromatic heterocycles. The van der Waals surface area contributed by atoms with Gasteiger partial charge in [-0.3, -0.25) is 4.99 Å². The van der Waals surface area contributed by atoms with E-state index in [9.17, 15) is 0 Å². The van der Waals surface area contributed by atoms with Crippen molar-refractivity contribution in [1.82, 2.24) is 0 Å². The second-order valence-corrected chi connectivity index (χ2v) is 5.38. The van der Waals surface area contributed by atoms with E-state index >= 15 is 0 Å². The second kappa shape index (κ2) is 7.41. The van der Waals surface area contributed by atoms with Crippen LogP contribution in [0.2, 0.25) is 0 Å². The lowest BCUT2D eigenvalue weighted by Crippen LogP contribution is -2.12. The largest absolute Gasteiger partial charge is 0.383 e. The molecular formula is C20H20N2. The van der Waals surface area contributed by atoms with Crippen LogP contribution in [0.4, 0.5) is 11.4 Å². The van der Waals surface area contributed by atoms with Crippen molar-refractivity contribution < 1.29 is 0 Å². The van der Waals surface area contributed by atoms with Crippen LogP contribution in [0.5, 0.6) is 0 Å². The van der Waals surface area contributed by atoms with E-state index in [4.69, 9.17) is 0 Å². The molecule has 22 heavy (non-hydrogen) atoms. The van der Waals surface area contributed by atoms with Crippen LogP contribution in [-0.4, -0.2) is 12.8 Å². The van der Waals surface area contributed by atoms with Crippen LogP contribution in [0.1, 0.15) is 12.0 Å². The Labute approximate surface area is 131 Å². The van der Waals surface area contributed by atoms with E-state index in [0.29, 0.717) is 5.92 Å². The summed E-state index contributed by atoms with van der Waals surface area (Å²) in [5.41, 5.74) is 3.16. The number of aliphatic imine (C=N–C) groups is 1. The number of allylic oxidation sites excluding steroid dienone is 3. The summed E-state index contributed by atoms with van der Waals surface area (Å²) in [7, 11) is 0. The normalized spacial score (nSPS) is 17.0. The quantitative estimate of drug-likeness (QED) is 0.771. The molecule has 2 aromatic carbocycles. The summed E-state index contributed by atoms with van der Waals surface area (Å²) < 4.78 is 0. The molecule has 2 nitrogen and oxygen atoms in total. The molecule has 0 amide bonds. The standard InChI is InChI=1S/C20H20N2/c1-3-9-17(10-4-1)15-21-19-13-7-8-14-20(19)22-16-18-11-5-2-6-12-18/h1-11,13-15,18,22H,12,16H2. The molecule has 2 heteroatoms. The second-order valence-electron chi connectivity index (χ2n) is 5.38. The summed E-state index contributed by atoms with van der Waals surface area (Å²) in [5.74, 6) is 0.552. The van der Waals surface area contributed by atoms with Crippen LogP contribution in [0.15, 0.2) is 83.9 Å². The van der Waals surface area contributed by atoms with Gasteiger partial charge in [-0.05, 0) is 30.0 Å². The number of rotatable bonds is 5. The van der Waals surface area contributed by atoms with Gasteiger partial charge in [-0.25, -0.2) is 0 Å². The maximum atomic E-state index is 4.62. The van der Waals surface area contributed by atoms with E-state index in [0.717, 1.165) is 29.9 Å². The third-order valence-corrected chi connectivity index (χ3v) is 3.68. The lowest BCUT2D eigenvalue weighted by atomic mass is 10.0. The van der Waals surface area contributed by atoms with E-state index in [1.807, 2.05) is 42.6 Å². The van der Waals surface area contributed by atoms with E-state index in [2.05, 4.69) is 52.8 Å². The highest BCUT2D eigenvalue weighted by Gasteiger charge is 2.06. The molecule has 1 atom stereocenters. The average molecular weight is 288 g/mol.